The average Bonchev–Trinajstić information content (AvgIpc) is 2.12. The van der Waals surface area contributed by atoms with Gasteiger partial charge in [-0.2, -0.15) is 8.42 Å². The second kappa shape index (κ2) is 6.97. The van der Waals surface area contributed by atoms with E-state index >= 15 is 0 Å². The molecule has 1 rings (SSSR count). The molecule has 0 saturated heterocycles. The van der Waals surface area contributed by atoms with E-state index in [1.807, 2.05) is 0 Å². The number of rotatable bonds is 2. The first-order chi connectivity index (χ1) is 8.49. The van der Waals surface area contributed by atoms with Crippen LogP contribution in [0.5, 0.6) is 0 Å². The Labute approximate surface area is 108 Å². The quantitative estimate of drug-likeness (QED) is 0.311. The molecule has 0 fully saturated rings. The van der Waals surface area contributed by atoms with Gasteiger partial charge in [0.15, 0.2) is 0 Å². The van der Waals surface area contributed by atoms with E-state index in [0.717, 1.165) is 18.2 Å². The lowest BCUT2D eigenvalue weighted by molar-refractivity contribution is 0.206. The zero-order valence-corrected chi connectivity index (χ0v) is 10.7. The smallest absolute Gasteiger partial charge is 0.329 e. The molecule has 7 nitrogen and oxygen atoms in total. The molecule has 5 N–H and O–H groups in total. The van der Waals surface area contributed by atoms with Gasteiger partial charge in [0.25, 0.3) is 10.1 Å². The maximum absolute atomic E-state index is 12.7. The first-order valence-corrected chi connectivity index (χ1v) is 6.53. The van der Waals surface area contributed by atoms with Gasteiger partial charge in [-0.3, -0.25) is 9.56 Å². The molecule has 0 unspecified atom stereocenters. The molecule has 0 aliphatic heterocycles. The highest BCUT2D eigenvalue weighted by molar-refractivity contribution is 7.85. The lowest BCUT2D eigenvalue weighted by Crippen LogP contribution is -2.40. The summed E-state index contributed by atoms with van der Waals surface area (Å²) in [7, 11) is -3.67. The Balaban J connectivity index is 0.000000555. The molecule has 0 heterocycles. The van der Waals surface area contributed by atoms with Crippen LogP contribution in [0.4, 0.5) is 13.6 Å². The van der Waals surface area contributed by atoms with Gasteiger partial charge in [-0.05, 0) is 17.7 Å². The predicted octanol–water partition coefficient (Wildman–Crippen LogP) is 0.223. The number of hydrogen-bond donors (Lipinski definition) is 3. The minimum atomic E-state index is -3.67. The molecule has 0 atom stereocenters. The van der Waals surface area contributed by atoms with Crippen molar-refractivity contribution in [2.45, 2.75) is 6.54 Å². The van der Waals surface area contributed by atoms with Gasteiger partial charge >= 0.3 is 6.03 Å². The number of carbonyl (C=O) groups excluding carboxylic acids is 1. The van der Waals surface area contributed by atoms with E-state index in [-0.39, 0.29) is 12.1 Å². The Kier molecular flexibility index (Phi) is 6.32. The zero-order chi connectivity index (χ0) is 15.2. The Bertz CT molecular complexity index is 522. The van der Waals surface area contributed by atoms with E-state index in [9.17, 15) is 22.0 Å². The van der Waals surface area contributed by atoms with Gasteiger partial charge < -0.3 is 5.73 Å². The molecule has 0 aromatic heterocycles. The van der Waals surface area contributed by atoms with Crippen LogP contribution in [0.3, 0.4) is 0 Å². The maximum atomic E-state index is 12.7. The first kappa shape index (κ1) is 17.2. The summed E-state index contributed by atoms with van der Waals surface area (Å²) >= 11 is 0. The Morgan fingerprint density at radius 2 is 1.68 bits per heavy atom. The van der Waals surface area contributed by atoms with Gasteiger partial charge in [0.05, 0.1) is 12.8 Å². The number of urea groups is 1. The molecule has 19 heavy (non-hydrogen) atoms. The van der Waals surface area contributed by atoms with Crippen LogP contribution in [0.15, 0.2) is 18.2 Å². The van der Waals surface area contributed by atoms with E-state index in [2.05, 4.69) is 0 Å². The summed E-state index contributed by atoms with van der Waals surface area (Å²) in [6, 6.07) is 2.02. The third kappa shape index (κ3) is 9.88. The molecule has 1 aromatic carbocycles. The van der Waals surface area contributed by atoms with Crippen LogP contribution in [0, 0.1) is 11.6 Å². The van der Waals surface area contributed by atoms with Crippen LogP contribution in [-0.4, -0.2) is 30.3 Å². The molecule has 0 bridgehead atoms. The van der Waals surface area contributed by atoms with Gasteiger partial charge in [0.2, 0.25) is 0 Å². The topological polar surface area (TPSA) is 127 Å². The maximum Gasteiger partial charge on any atom is 0.329 e. The molecular weight excluding hydrogens is 284 g/mol. The number of nitrogens with zero attached hydrogens (tertiary/aromatic N) is 1. The fourth-order valence-electron chi connectivity index (χ4n) is 0.977. The second-order valence-corrected chi connectivity index (χ2v) is 4.94. The summed E-state index contributed by atoms with van der Waals surface area (Å²) < 4.78 is 51.2. The van der Waals surface area contributed by atoms with Crippen molar-refractivity contribution < 1.29 is 26.5 Å². The number of hydrogen-bond acceptors (Lipinski definition) is 4. The first-order valence-electron chi connectivity index (χ1n) is 4.68. The number of amides is 2. The van der Waals surface area contributed by atoms with Crippen molar-refractivity contribution in [3.63, 3.8) is 0 Å². The standard InChI is InChI=1S/C8H9F2N3O.CH4O3S/c9-6-1-5(2-7(10)3-6)4-13(12)8(11)14;1-5(2,3)4/h1-3H,4,12H2,(H2,11,14);1H3,(H,2,3,4). The Morgan fingerprint density at radius 1 is 1.32 bits per heavy atom. The fourth-order valence-corrected chi connectivity index (χ4v) is 0.977. The predicted molar refractivity (Wildman–Crippen MR) is 63.1 cm³/mol. The number of hydrazine groups is 1. The fraction of sp³-hybridized carbons (Fsp3) is 0.222. The molecule has 10 heteroatoms. The number of carbonyl (C=O) groups is 1. The van der Waals surface area contributed by atoms with Gasteiger partial charge in [-0.25, -0.2) is 19.4 Å². The minimum Gasteiger partial charge on any atom is -0.350 e. The van der Waals surface area contributed by atoms with E-state index in [4.69, 9.17) is 16.1 Å². The van der Waals surface area contributed by atoms with Gasteiger partial charge in [-0.15, -0.1) is 0 Å². The molecule has 1 aromatic rings. The van der Waals surface area contributed by atoms with Crippen LogP contribution in [0.1, 0.15) is 5.56 Å². The molecule has 2 amide bonds. The van der Waals surface area contributed by atoms with Gasteiger partial charge in [-0.1, -0.05) is 0 Å². The van der Waals surface area contributed by atoms with Crippen LogP contribution < -0.4 is 11.6 Å². The van der Waals surface area contributed by atoms with E-state index < -0.39 is 27.8 Å². The van der Waals surface area contributed by atoms with Crippen LogP contribution >= 0.6 is 0 Å². The Morgan fingerprint density at radius 3 is 2.00 bits per heavy atom. The third-order valence-electron chi connectivity index (χ3n) is 1.56. The van der Waals surface area contributed by atoms with Gasteiger partial charge in [0.1, 0.15) is 11.6 Å². The number of nitrogens with two attached hydrogens (primary N) is 2. The van der Waals surface area contributed by atoms with Crippen molar-refractivity contribution in [3.8, 4) is 0 Å². The van der Waals surface area contributed by atoms with Crippen molar-refractivity contribution in [2.24, 2.45) is 11.6 Å². The number of halogens is 2. The monoisotopic (exact) mass is 297 g/mol. The third-order valence-corrected chi connectivity index (χ3v) is 1.56. The summed E-state index contributed by atoms with van der Waals surface area (Å²) in [5.74, 6) is 3.71. The Hall–Kier alpha value is -1.78. The molecule has 0 saturated carbocycles. The highest BCUT2D eigenvalue weighted by atomic mass is 32.2. The van der Waals surface area contributed by atoms with E-state index in [1.165, 1.54) is 0 Å². The number of benzene rings is 1. The van der Waals surface area contributed by atoms with Crippen molar-refractivity contribution in [1.82, 2.24) is 5.01 Å². The average molecular weight is 297 g/mol. The molecule has 108 valence electrons. The highest BCUT2D eigenvalue weighted by Crippen LogP contribution is 2.08. The van der Waals surface area contributed by atoms with Gasteiger partial charge in [0, 0.05) is 6.07 Å². The minimum absolute atomic E-state index is 0.135. The van der Waals surface area contributed by atoms with E-state index in [1.54, 1.807) is 0 Å². The summed E-state index contributed by atoms with van der Waals surface area (Å²) in [6.45, 7) is -0.135. The SMILES string of the molecule is CS(=O)(=O)O.NC(=O)N(N)Cc1cc(F)cc(F)c1. The lowest BCUT2D eigenvalue weighted by Gasteiger charge is -2.13. The molecule has 0 aliphatic carbocycles. The molecule has 0 radical (unpaired) electrons. The zero-order valence-electron chi connectivity index (χ0n) is 9.88. The van der Waals surface area contributed by atoms with Crippen molar-refractivity contribution >= 4 is 16.1 Å². The summed E-state index contributed by atoms with van der Waals surface area (Å²) in [5, 5.41) is 0.661. The summed E-state index contributed by atoms with van der Waals surface area (Å²) in [5.41, 5.74) is 5.07. The van der Waals surface area contributed by atoms with Crippen LogP contribution in [-0.2, 0) is 16.7 Å². The second-order valence-electron chi connectivity index (χ2n) is 3.48. The molecule has 0 spiro atoms. The molecular formula is C9H13F2N3O4S. The van der Waals surface area contributed by atoms with E-state index in [0.29, 0.717) is 11.3 Å². The van der Waals surface area contributed by atoms with Crippen LogP contribution in [0.25, 0.3) is 0 Å². The number of primary amides is 1. The summed E-state index contributed by atoms with van der Waals surface area (Å²) in [6.07, 6.45) is 0.715. The molecule has 0 aliphatic rings. The van der Waals surface area contributed by atoms with Crippen molar-refractivity contribution in [2.75, 3.05) is 6.26 Å². The lowest BCUT2D eigenvalue weighted by atomic mass is 10.2. The van der Waals surface area contributed by atoms with Crippen molar-refractivity contribution in [1.29, 1.82) is 0 Å². The highest BCUT2D eigenvalue weighted by Gasteiger charge is 2.07. The van der Waals surface area contributed by atoms with Crippen LogP contribution in [0.2, 0.25) is 0 Å². The normalized spacial score (nSPS) is 10.4. The largest absolute Gasteiger partial charge is 0.350 e. The summed E-state index contributed by atoms with van der Waals surface area (Å²) in [4.78, 5) is 10.5. The van der Waals surface area contributed by atoms with Crippen molar-refractivity contribution in [3.05, 3.63) is 35.4 Å².